The third-order valence-corrected chi connectivity index (χ3v) is 8.12. The Kier molecular flexibility index (Phi) is 4.65. The van der Waals surface area contributed by atoms with Crippen LogP contribution in [0.5, 0.6) is 5.75 Å². The lowest BCUT2D eigenvalue weighted by molar-refractivity contribution is -0.121. The average Bonchev–Trinajstić information content (AvgIpc) is 3.55. The van der Waals surface area contributed by atoms with Crippen molar-refractivity contribution in [3.05, 3.63) is 106 Å². The number of hydrogen-bond donors (Lipinski definition) is 0. The van der Waals surface area contributed by atoms with Crippen molar-refractivity contribution in [3.63, 3.8) is 0 Å². The molecule has 0 N–H and O–H groups in total. The summed E-state index contributed by atoms with van der Waals surface area (Å²) in [5.74, 6) is -0.558. The summed E-state index contributed by atoms with van der Waals surface area (Å²) in [5.41, 5.74) is -0.190. The molecule has 186 valence electrons. The Morgan fingerprint density at radius 3 is 2.68 bits per heavy atom. The summed E-state index contributed by atoms with van der Waals surface area (Å²) in [6, 6.07) is 19.3. The smallest absolute Gasteiger partial charge is 0.297 e. The zero-order chi connectivity index (χ0) is 26.2. The van der Waals surface area contributed by atoms with Crippen molar-refractivity contribution < 1.29 is 18.7 Å². The van der Waals surface area contributed by atoms with E-state index in [0.29, 0.717) is 27.9 Å². The van der Waals surface area contributed by atoms with Crippen LogP contribution in [0.25, 0.3) is 21.2 Å². The fourth-order valence-electron chi connectivity index (χ4n) is 5.54. The van der Waals surface area contributed by atoms with Gasteiger partial charge in [-0.3, -0.25) is 19.3 Å². The van der Waals surface area contributed by atoms with Gasteiger partial charge >= 0.3 is 0 Å². The predicted molar refractivity (Wildman–Crippen MR) is 145 cm³/mol. The van der Waals surface area contributed by atoms with Gasteiger partial charge in [-0.05, 0) is 36.4 Å². The lowest BCUT2D eigenvalue weighted by Crippen LogP contribution is -2.53. The molecule has 38 heavy (non-hydrogen) atoms. The summed E-state index contributed by atoms with van der Waals surface area (Å²) >= 11 is 1.24. The Morgan fingerprint density at radius 1 is 1.08 bits per heavy atom. The molecule has 3 aromatic carbocycles. The SMILES string of the molecule is C=CCN1C(=O)C2(c3ccccc31)c1c(oc3ccccc3c1=O)C(=O)N2c1nc2ccc(OC)cc2s1. The molecule has 2 aromatic heterocycles. The summed E-state index contributed by atoms with van der Waals surface area (Å²) < 4.78 is 12.2. The molecule has 5 aromatic rings. The number of methoxy groups -OCH3 is 1. The van der Waals surface area contributed by atoms with Crippen molar-refractivity contribution in [2.24, 2.45) is 0 Å². The molecule has 0 aliphatic carbocycles. The quantitative estimate of drug-likeness (QED) is 0.314. The minimum atomic E-state index is -1.78. The lowest BCUT2D eigenvalue weighted by atomic mass is 9.84. The maximum absolute atomic E-state index is 14.5. The Hall–Kier alpha value is -4.76. The molecular weight excluding hydrogens is 502 g/mol. The second-order valence-electron chi connectivity index (χ2n) is 9.03. The fraction of sp³-hybridized carbons (Fsp3) is 0.103. The van der Waals surface area contributed by atoms with Gasteiger partial charge in [0.2, 0.25) is 5.76 Å². The molecule has 9 heteroatoms. The van der Waals surface area contributed by atoms with Crippen molar-refractivity contribution in [1.29, 1.82) is 0 Å². The van der Waals surface area contributed by atoms with Gasteiger partial charge in [-0.2, -0.15) is 0 Å². The van der Waals surface area contributed by atoms with E-state index in [1.165, 1.54) is 16.2 Å². The van der Waals surface area contributed by atoms with Gasteiger partial charge in [-0.25, -0.2) is 4.98 Å². The molecular formula is C29H19N3O5S. The first kappa shape index (κ1) is 22.4. The van der Waals surface area contributed by atoms with Crippen LogP contribution >= 0.6 is 11.3 Å². The van der Waals surface area contributed by atoms with Gasteiger partial charge in [0, 0.05) is 12.1 Å². The van der Waals surface area contributed by atoms with E-state index in [2.05, 4.69) is 6.58 Å². The third kappa shape index (κ3) is 2.68. The van der Waals surface area contributed by atoms with E-state index in [1.54, 1.807) is 72.7 Å². The van der Waals surface area contributed by atoms with E-state index in [0.717, 1.165) is 4.70 Å². The second-order valence-corrected chi connectivity index (χ2v) is 10.0. The number of carbonyl (C=O) groups excluding carboxylic acids is 2. The topological polar surface area (TPSA) is 93.0 Å². The van der Waals surface area contributed by atoms with Crippen LogP contribution in [-0.4, -0.2) is 30.5 Å². The Bertz CT molecular complexity index is 1910. The minimum absolute atomic E-state index is 0.00190. The van der Waals surface area contributed by atoms with Crippen molar-refractivity contribution in [3.8, 4) is 5.75 Å². The highest BCUT2D eigenvalue weighted by Crippen LogP contribution is 2.54. The zero-order valence-corrected chi connectivity index (χ0v) is 21.0. The molecule has 2 aliphatic rings. The van der Waals surface area contributed by atoms with Crippen molar-refractivity contribution >= 4 is 55.2 Å². The number of rotatable bonds is 4. The number of fused-ring (bicyclic) bond motifs is 6. The molecule has 2 amide bonds. The molecule has 2 aliphatic heterocycles. The number of nitrogens with zero attached hydrogens (tertiary/aromatic N) is 3. The van der Waals surface area contributed by atoms with E-state index < -0.39 is 22.8 Å². The van der Waals surface area contributed by atoms with Crippen LogP contribution in [0.3, 0.4) is 0 Å². The summed E-state index contributed by atoms with van der Waals surface area (Å²) in [5, 5.41) is 0.568. The summed E-state index contributed by atoms with van der Waals surface area (Å²) in [6.45, 7) is 4.01. The molecule has 0 saturated heterocycles. The molecule has 0 saturated carbocycles. The van der Waals surface area contributed by atoms with Crippen molar-refractivity contribution in [2.45, 2.75) is 5.54 Å². The van der Waals surface area contributed by atoms with Crippen LogP contribution in [0, 0.1) is 0 Å². The van der Waals surface area contributed by atoms with Gasteiger partial charge in [-0.1, -0.05) is 47.7 Å². The van der Waals surface area contributed by atoms with Crippen LogP contribution in [0.1, 0.15) is 21.7 Å². The molecule has 0 bridgehead atoms. The van der Waals surface area contributed by atoms with Crippen molar-refractivity contribution in [1.82, 2.24) is 4.98 Å². The molecule has 1 unspecified atom stereocenters. The number of amides is 2. The first-order valence-electron chi connectivity index (χ1n) is 11.9. The van der Waals surface area contributed by atoms with Crippen LogP contribution in [0.2, 0.25) is 0 Å². The average molecular weight is 522 g/mol. The zero-order valence-electron chi connectivity index (χ0n) is 20.1. The first-order chi connectivity index (χ1) is 18.5. The highest BCUT2D eigenvalue weighted by molar-refractivity contribution is 7.22. The van der Waals surface area contributed by atoms with E-state index in [1.807, 2.05) is 12.1 Å². The Balaban J connectivity index is 1.61. The van der Waals surface area contributed by atoms with Crippen LogP contribution in [-0.2, 0) is 10.3 Å². The van der Waals surface area contributed by atoms with E-state index in [4.69, 9.17) is 14.1 Å². The van der Waals surface area contributed by atoms with Gasteiger partial charge in [0.1, 0.15) is 11.3 Å². The minimum Gasteiger partial charge on any atom is -0.497 e. The van der Waals surface area contributed by atoms with Gasteiger partial charge < -0.3 is 14.1 Å². The molecule has 0 fully saturated rings. The predicted octanol–water partition coefficient (Wildman–Crippen LogP) is 4.85. The molecule has 4 heterocycles. The number of benzene rings is 3. The van der Waals surface area contributed by atoms with Crippen LogP contribution < -0.4 is 20.0 Å². The highest BCUT2D eigenvalue weighted by atomic mass is 32.1. The Labute approximate surface area is 220 Å². The fourth-order valence-corrected chi connectivity index (χ4v) is 6.58. The monoisotopic (exact) mass is 521 g/mol. The largest absolute Gasteiger partial charge is 0.497 e. The number of ether oxygens (including phenoxy) is 1. The van der Waals surface area contributed by atoms with E-state index >= 15 is 0 Å². The lowest BCUT2D eigenvalue weighted by Gasteiger charge is -2.32. The van der Waals surface area contributed by atoms with Gasteiger partial charge in [0.05, 0.1) is 34.0 Å². The maximum atomic E-state index is 14.5. The number of aromatic nitrogens is 1. The normalized spacial score (nSPS) is 18.0. The molecule has 8 nitrogen and oxygen atoms in total. The standard InChI is InChI=1S/C29H19N3O5S/c1-3-14-31-20-10-6-5-9-18(20)29(27(31)35)23-24(33)17-8-4-7-11-21(17)37-25(23)26(34)32(29)28-30-19-13-12-16(36-2)15-22(19)38-28/h3-13,15H,1,14H2,2H3. The number of anilines is 2. The second kappa shape index (κ2) is 7.87. The maximum Gasteiger partial charge on any atom is 0.297 e. The third-order valence-electron chi connectivity index (χ3n) is 7.12. The van der Waals surface area contributed by atoms with E-state index in [9.17, 15) is 14.4 Å². The highest BCUT2D eigenvalue weighted by Gasteiger charge is 2.66. The molecule has 0 radical (unpaired) electrons. The first-order valence-corrected chi connectivity index (χ1v) is 12.7. The summed E-state index contributed by atoms with van der Waals surface area (Å²) in [6.07, 6.45) is 1.61. The van der Waals surface area contributed by atoms with Crippen LogP contribution in [0.15, 0.2) is 88.6 Å². The number of carbonyl (C=O) groups is 2. The van der Waals surface area contributed by atoms with Crippen LogP contribution in [0.4, 0.5) is 10.8 Å². The summed E-state index contributed by atoms with van der Waals surface area (Å²) in [4.78, 5) is 50.5. The molecule has 1 atom stereocenters. The molecule has 1 spiro atoms. The molecule has 7 rings (SSSR count). The Morgan fingerprint density at radius 2 is 1.87 bits per heavy atom. The number of thiazole rings is 1. The van der Waals surface area contributed by atoms with Gasteiger partial charge in [0.25, 0.3) is 11.8 Å². The van der Waals surface area contributed by atoms with Crippen molar-refractivity contribution in [2.75, 3.05) is 23.5 Å². The number of para-hydroxylation sites is 2. The van der Waals surface area contributed by atoms with Gasteiger partial charge in [-0.15, -0.1) is 6.58 Å². The van der Waals surface area contributed by atoms with E-state index in [-0.39, 0.29) is 28.6 Å². The summed E-state index contributed by atoms with van der Waals surface area (Å²) in [7, 11) is 1.57. The van der Waals surface area contributed by atoms with Gasteiger partial charge in [0.15, 0.2) is 16.1 Å². The number of hydrogen-bond acceptors (Lipinski definition) is 7.